The predicted octanol–water partition coefficient (Wildman–Crippen LogP) is 3.36. The monoisotopic (exact) mass is 367 g/mol. The first-order chi connectivity index (χ1) is 13.0. The standard InChI is InChI=1S/C21H25N3O3/c1-15(2)27-19-8-4-3-7-18(19)23-20(25)16-9-12-24(13-10-16)21(26)17-6-5-11-22-14-17/h3-8,11,14-16H,9-10,12-13H2,1-2H3,(H,23,25). The molecular weight excluding hydrogens is 342 g/mol. The maximum Gasteiger partial charge on any atom is 0.255 e. The van der Waals surface area contributed by atoms with E-state index in [0.717, 1.165) is 0 Å². The Balaban J connectivity index is 1.57. The summed E-state index contributed by atoms with van der Waals surface area (Å²) in [5.74, 6) is 0.501. The zero-order valence-corrected chi connectivity index (χ0v) is 15.7. The van der Waals surface area contributed by atoms with Crippen LogP contribution in [0.15, 0.2) is 48.8 Å². The number of nitrogens with zero attached hydrogens (tertiary/aromatic N) is 2. The third-order valence-corrected chi connectivity index (χ3v) is 4.57. The van der Waals surface area contributed by atoms with Gasteiger partial charge in [0.2, 0.25) is 5.91 Å². The summed E-state index contributed by atoms with van der Waals surface area (Å²) in [5, 5.41) is 2.98. The lowest BCUT2D eigenvalue weighted by Crippen LogP contribution is -2.41. The van der Waals surface area contributed by atoms with Crippen LogP contribution < -0.4 is 10.1 Å². The van der Waals surface area contributed by atoms with Gasteiger partial charge in [-0.1, -0.05) is 12.1 Å². The van der Waals surface area contributed by atoms with E-state index in [4.69, 9.17) is 4.74 Å². The molecule has 0 unspecified atom stereocenters. The van der Waals surface area contributed by atoms with Crippen molar-refractivity contribution in [2.24, 2.45) is 5.92 Å². The Kier molecular flexibility index (Phi) is 6.06. The highest BCUT2D eigenvalue weighted by Gasteiger charge is 2.28. The van der Waals surface area contributed by atoms with Crippen LogP contribution in [0.5, 0.6) is 5.75 Å². The third kappa shape index (κ3) is 4.84. The van der Waals surface area contributed by atoms with Crippen LogP contribution in [0.25, 0.3) is 0 Å². The third-order valence-electron chi connectivity index (χ3n) is 4.57. The first-order valence-electron chi connectivity index (χ1n) is 9.30. The summed E-state index contributed by atoms with van der Waals surface area (Å²) in [4.78, 5) is 30.9. The van der Waals surface area contributed by atoms with Crippen LogP contribution in [0, 0.1) is 5.92 Å². The van der Waals surface area contributed by atoms with Gasteiger partial charge >= 0.3 is 0 Å². The second kappa shape index (κ2) is 8.66. The fraction of sp³-hybridized carbons (Fsp3) is 0.381. The molecule has 0 radical (unpaired) electrons. The van der Waals surface area contributed by atoms with E-state index in [1.807, 2.05) is 38.1 Å². The number of pyridine rings is 1. The molecule has 0 spiro atoms. The average Bonchev–Trinajstić information content (AvgIpc) is 2.69. The fourth-order valence-corrected chi connectivity index (χ4v) is 3.18. The van der Waals surface area contributed by atoms with Gasteiger partial charge in [0.25, 0.3) is 5.91 Å². The zero-order valence-electron chi connectivity index (χ0n) is 15.7. The van der Waals surface area contributed by atoms with Gasteiger partial charge in [-0.3, -0.25) is 14.6 Å². The van der Waals surface area contributed by atoms with Gasteiger partial charge in [-0.15, -0.1) is 0 Å². The van der Waals surface area contributed by atoms with E-state index in [1.165, 1.54) is 0 Å². The summed E-state index contributed by atoms with van der Waals surface area (Å²) in [6.45, 7) is 5.03. The van der Waals surface area contributed by atoms with Crippen molar-refractivity contribution in [2.75, 3.05) is 18.4 Å². The molecule has 1 N–H and O–H groups in total. The molecule has 3 rings (SSSR count). The lowest BCUT2D eigenvalue weighted by molar-refractivity contribution is -0.121. The molecule has 1 aromatic heterocycles. The number of rotatable bonds is 5. The number of anilines is 1. The van der Waals surface area contributed by atoms with Crippen LogP contribution >= 0.6 is 0 Å². The van der Waals surface area contributed by atoms with Crippen LogP contribution in [-0.2, 0) is 4.79 Å². The SMILES string of the molecule is CC(C)Oc1ccccc1NC(=O)C1CCN(C(=O)c2cccnc2)CC1. The second-order valence-corrected chi connectivity index (χ2v) is 6.96. The number of para-hydroxylation sites is 2. The first-order valence-corrected chi connectivity index (χ1v) is 9.30. The summed E-state index contributed by atoms with van der Waals surface area (Å²) in [5.41, 5.74) is 1.27. The van der Waals surface area contributed by atoms with Crippen LogP contribution in [-0.4, -0.2) is 40.9 Å². The van der Waals surface area contributed by atoms with E-state index in [9.17, 15) is 9.59 Å². The summed E-state index contributed by atoms with van der Waals surface area (Å²) in [6, 6.07) is 11.0. The van der Waals surface area contributed by atoms with Crippen molar-refractivity contribution in [3.8, 4) is 5.75 Å². The Hall–Kier alpha value is -2.89. The lowest BCUT2D eigenvalue weighted by Gasteiger charge is -2.31. The number of hydrogen-bond donors (Lipinski definition) is 1. The van der Waals surface area contributed by atoms with Crippen molar-refractivity contribution in [2.45, 2.75) is 32.8 Å². The Morgan fingerprint density at radius 3 is 2.56 bits per heavy atom. The highest BCUT2D eigenvalue weighted by molar-refractivity contribution is 5.95. The summed E-state index contributed by atoms with van der Waals surface area (Å²) in [7, 11) is 0. The minimum absolute atomic E-state index is 0.0247. The van der Waals surface area contributed by atoms with Gasteiger partial charge < -0.3 is 15.0 Å². The largest absolute Gasteiger partial charge is 0.489 e. The zero-order chi connectivity index (χ0) is 19.2. The molecule has 1 aliphatic heterocycles. The van der Waals surface area contributed by atoms with E-state index in [0.29, 0.717) is 42.9 Å². The summed E-state index contributed by atoms with van der Waals surface area (Å²) in [6.07, 6.45) is 4.54. The molecule has 0 aliphatic carbocycles. The normalized spacial score (nSPS) is 14.9. The van der Waals surface area contributed by atoms with Gasteiger partial charge in [0.1, 0.15) is 5.75 Å². The van der Waals surface area contributed by atoms with E-state index in [1.54, 1.807) is 29.4 Å². The second-order valence-electron chi connectivity index (χ2n) is 6.96. The highest BCUT2D eigenvalue weighted by Crippen LogP contribution is 2.27. The van der Waals surface area contributed by atoms with Crippen LogP contribution in [0.4, 0.5) is 5.69 Å². The fourth-order valence-electron chi connectivity index (χ4n) is 3.18. The number of piperidine rings is 1. The number of carbonyl (C=O) groups is 2. The van der Waals surface area contributed by atoms with Crippen molar-refractivity contribution in [1.29, 1.82) is 0 Å². The molecule has 2 heterocycles. The summed E-state index contributed by atoms with van der Waals surface area (Å²) >= 11 is 0. The first kappa shape index (κ1) is 18.9. The maximum absolute atomic E-state index is 12.7. The maximum atomic E-state index is 12.7. The van der Waals surface area contributed by atoms with Crippen LogP contribution in [0.2, 0.25) is 0 Å². The van der Waals surface area contributed by atoms with Gasteiger partial charge in [-0.25, -0.2) is 0 Å². The molecule has 27 heavy (non-hydrogen) atoms. The Labute approximate surface area is 159 Å². The molecule has 0 atom stereocenters. The van der Waals surface area contributed by atoms with Crippen molar-refractivity contribution >= 4 is 17.5 Å². The van der Waals surface area contributed by atoms with Crippen LogP contribution in [0.3, 0.4) is 0 Å². The highest BCUT2D eigenvalue weighted by atomic mass is 16.5. The van der Waals surface area contributed by atoms with Gasteiger partial charge in [0.05, 0.1) is 17.4 Å². The molecule has 142 valence electrons. The molecule has 6 nitrogen and oxygen atoms in total. The molecule has 6 heteroatoms. The minimum Gasteiger partial charge on any atom is -0.489 e. The van der Waals surface area contributed by atoms with E-state index in [-0.39, 0.29) is 23.8 Å². The molecule has 2 aromatic rings. The van der Waals surface area contributed by atoms with Gasteiger partial charge in [0.15, 0.2) is 0 Å². The van der Waals surface area contributed by atoms with Gasteiger partial charge in [0, 0.05) is 31.4 Å². The minimum atomic E-state index is -0.116. The van der Waals surface area contributed by atoms with E-state index in [2.05, 4.69) is 10.3 Å². The molecular formula is C21H25N3O3. The molecule has 1 saturated heterocycles. The molecule has 1 fully saturated rings. The number of likely N-dealkylation sites (tertiary alicyclic amines) is 1. The number of aromatic nitrogens is 1. The molecule has 0 saturated carbocycles. The predicted molar refractivity (Wildman–Crippen MR) is 104 cm³/mol. The molecule has 0 bridgehead atoms. The molecule has 1 aliphatic rings. The van der Waals surface area contributed by atoms with Crippen molar-refractivity contribution in [3.05, 3.63) is 54.4 Å². The molecule has 1 aromatic carbocycles. The Morgan fingerprint density at radius 2 is 1.89 bits per heavy atom. The Morgan fingerprint density at radius 1 is 1.15 bits per heavy atom. The number of carbonyl (C=O) groups excluding carboxylic acids is 2. The topological polar surface area (TPSA) is 71.5 Å². The number of ether oxygens (including phenoxy) is 1. The van der Waals surface area contributed by atoms with Gasteiger partial charge in [-0.05, 0) is 51.0 Å². The quantitative estimate of drug-likeness (QED) is 0.880. The van der Waals surface area contributed by atoms with Gasteiger partial charge in [-0.2, -0.15) is 0 Å². The van der Waals surface area contributed by atoms with E-state index >= 15 is 0 Å². The number of nitrogens with one attached hydrogen (secondary N) is 1. The Bertz CT molecular complexity index is 784. The number of hydrogen-bond acceptors (Lipinski definition) is 4. The average molecular weight is 367 g/mol. The smallest absolute Gasteiger partial charge is 0.255 e. The number of amides is 2. The van der Waals surface area contributed by atoms with Crippen molar-refractivity contribution < 1.29 is 14.3 Å². The van der Waals surface area contributed by atoms with E-state index < -0.39 is 0 Å². The van der Waals surface area contributed by atoms with Crippen molar-refractivity contribution in [3.63, 3.8) is 0 Å². The summed E-state index contributed by atoms with van der Waals surface area (Å²) < 4.78 is 5.76. The number of benzene rings is 1. The van der Waals surface area contributed by atoms with Crippen LogP contribution in [0.1, 0.15) is 37.0 Å². The molecule has 2 amide bonds. The lowest BCUT2D eigenvalue weighted by atomic mass is 9.95. The van der Waals surface area contributed by atoms with Crippen molar-refractivity contribution in [1.82, 2.24) is 9.88 Å².